The number of allylic oxidation sites excluding steroid dienone is 1. The lowest BCUT2D eigenvalue weighted by Gasteiger charge is -2.38. The molecule has 1 aromatic carbocycles. The number of hydrogen-bond donors (Lipinski definition) is 2. The highest BCUT2D eigenvalue weighted by Gasteiger charge is 2.72. The van der Waals surface area contributed by atoms with Crippen LogP contribution in [0.5, 0.6) is 0 Å². The van der Waals surface area contributed by atoms with E-state index >= 15 is 0 Å². The Balaban J connectivity index is 1.28. The van der Waals surface area contributed by atoms with Crippen molar-refractivity contribution in [1.29, 1.82) is 0 Å². The van der Waals surface area contributed by atoms with Crippen LogP contribution in [-0.4, -0.2) is 53.0 Å². The molecule has 3 heterocycles. The predicted molar refractivity (Wildman–Crippen MR) is 155 cm³/mol. The standard InChI is InChI=1S/C32H39ClFN3O4/c1-18-7-6-10-24(19(18)2)36-30(39)28-32-15-13-25(41-32)26(29(38)35-21-11-12-23(34)22(33)17-21)27(32)31(40)37(28)16-14-20-8-4-3-5-9-20/h8,11-13,15,17-19,24-28H,3-7,9-10,14,16H2,1-2H3,(H,35,38)(H,36,39)/t18-,19-,24+,25+,26-,27+,28+,32+/m1/s1. The fraction of sp³-hybridized carbons (Fsp3) is 0.594. The Morgan fingerprint density at radius 1 is 1.17 bits per heavy atom. The fourth-order valence-electron chi connectivity index (χ4n) is 7.75. The summed E-state index contributed by atoms with van der Waals surface area (Å²) in [7, 11) is 0. The number of rotatable bonds is 7. The molecular formula is C32H39ClFN3O4. The number of ether oxygens (including phenoxy) is 1. The quantitative estimate of drug-likeness (QED) is 0.421. The van der Waals surface area contributed by atoms with Crippen LogP contribution in [0.1, 0.15) is 65.2 Å². The number of carbonyl (C=O) groups excluding carboxylic acids is 3. The van der Waals surface area contributed by atoms with E-state index < -0.39 is 41.3 Å². The first-order valence-electron chi connectivity index (χ1n) is 15.1. The highest BCUT2D eigenvalue weighted by Crippen LogP contribution is 2.55. The van der Waals surface area contributed by atoms with Crippen molar-refractivity contribution in [1.82, 2.24) is 10.2 Å². The van der Waals surface area contributed by atoms with Crippen LogP contribution in [0.25, 0.3) is 0 Å². The van der Waals surface area contributed by atoms with E-state index in [1.807, 2.05) is 12.2 Å². The molecule has 2 N–H and O–H groups in total. The van der Waals surface area contributed by atoms with E-state index in [9.17, 15) is 18.8 Å². The van der Waals surface area contributed by atoms with Crippen LogP contribution in [0.15, 0.2) is 42.0 Å². The van der Waals surface area contributed by atoms with Crippen molar-refractivity contribution in [3.63, 3.8) is 0 Å². The summed E-state index contributed by atoms with van der Waals surface area (Å²) in [6.45, 7) is 4.81. The van der Waals surface area contributed by atoms with Crippen molar-refractivity contribution in [3.8, 4) is 0 Å². The molecule has 0 unspecified atom stereocenters. The molecule has 220 valence electrons. The van der Waals surface area contributed by atoms with Gasteiger partial charge >= 0.3 is 0 Å². The fourth-order valence-corrected chi connectivity index (χ4v) is 7.93. The third-order valence-electron chi connectivity index (χ3n) is 10.2. The summed E-state index contributed by atoms with van der Waals surface area (Å²) >= 11 is 5.93. The smallest absolute Gasteiger partial charge is 0.246 e. The van der Waals surface area contributed by atoms with Crippen LogP contribution in [0.2, 0.25) is 5.02 Å². The third-order valence-corrected chi connectivity index (χ3v) is 10.5. The van der Waals surface area contributed by atoms with E-state index in [0.29, 0.717) is 30.5 Å². The van der Waals surface area contributed by atoms with Crippen LogP contribution < -0.4 is 10.6 Å². The van der Waals surface area contributed by atoms with E-state index in [1.54, 1.807) is 4.90 Å². The maximum absolute atomic E-state index is 14.2. The van der Waals surface area contributed by atoms with Crippen molar-refractivity contribution in [2.45, 2.75) is 89.0 Å². The van der Waals surface area contributed by atoms with Crippen molar-refractivity contribution in [3.05, 3.63) is 52.8 Å². The molecule has 0 radical (unpaired) electrons. The maximum Gasteiger partial charge on any atom is 0.246 e. The molecule has 3 fully saturated rings. The number of likely N-dealkylation sites (tertiary alicyclic amines) is 1. The number of nitrogens with zero attached hydrogens (tertiary/aromatic N) is 1. The molecule has 9 heteroatoms. The second-order valence-corrected chi connectivity index (χ2v) is 13.0. The van der Waals surface area contributed by atoms with Crippen LogP contribution in [0.3, 0.4) is 0 Å². The zero-order chi connectivity index (χ0) is 28.9. The molecule has 1 saturated carbocycles. The van der Waals surface area contributed by atoms with Gasteiger partial charge in [0.15, 0.2) is 0 Å². The third kappa shape index (κ3) is 5.01. The molecule has 7 nitrogen and oxygen atoms in total. The van der Waals surface area contributed by atoms with E-state index in [1.165, 1.54) is 30.2 Å². The van der Waals surface area contributed by atoms with Gasteiger partial charge in [0.2, 0.25) is 17.7 Å². The molecule has 6 rings (SSSR count). The Bertz CT molecular complexity index is 1300. The van der Waals surface area contributed by atoms with Crippen molar-refractivity contribution in [2.24, 2.45) is 23.7 Å². The number of anilines is 1. The lowest BCUT2D eigenvalue weighted by atomic mass is 9.73. The number of fused-ring (bicyclic) bond motifs is 1. The van der Waals surface area contributed by atoms with Crippen molar-refractivity contribution < 1.29 is 23.5 Å². The SMILES string of the molecule is C[C@@H]1[C@H](C)CCC[C@@H]1NC(=O)[C@@H]1N(CCC2=CCCCC2)C(=O)[C@@H]2[C@H](C(=O)Nc3ccc(F)c(Cl)c3)[C@@H]3C=C[C@]21O3. The number of hydrogen-bond acceptors (Lipinski definition) is 4. The molecule has 8 atom stereocenters. The highest BCUT2D eigenvalue weighted by molar-refractivity contribution is 6.31. The molecule has 41 heavy (non-hydrogen) atoms. The Labute approximate surface area is 245 Å². The van der Waals surface area contributed by atoms with Crippen molar-refractivity contribution >= 4 is 35.0 Å². The molecule has 5 aliphatic rings. The van der Waals surface area contributed by atoms with E-state index in [4.69, 9.17) is 16.3 Å². The van der Waals surface area contributed by atoms with E-state index in [0.717, 1.165) is 38.5 Å². The largest absolute Gasteiger partial charge is 0.359 e. The average Bonchev–Trinajstić information content (AvgIpc) is 3.60. The van der Waals surface area contributed by atoms with Crippen LogP contribution >= 0.6 is 11.6 Å². The molecule has 2 bridgehead atoms. The summed E-state index contributed by atoms with van der Waals surface area (Å²) < 4.78 is 20.2. The van der Waals surface area contributed by atoms with Crippen LogP contribution in [0, 0.1) is 29.5 Å². The Morgan fingerprint density at radius 3 is 2.76 bits per heavy atom. The lowest BCUT2D eigenvalue weighted by Crippen LogP contribution is -2.58. The molecule has 3 aliphatic heterocycles. The van der Waals surface area contributed by atoms with Gasteiger partial charge in [-0.15, -0.1) is 0 Å². The summed E-state index contributed by atoms with van der Waals surface area (Å²) in [5, 5.41) is 6.00. The Morgan fingerprint density at radius 2 is 2.00 bits per heavy atom. The first-order valence-corrected chi connectivity index (χ1v) is 15.5. The first-order chi connectivity index (χ1) is 19.7. The summed E-state index contributed by atoms with van der Waals surface area (Å²) in [6, 6.07) is 3.14. The lowest BCUT2D eigenvalue weighted by molar-refractivity contribution is -0.141. The molecule has 3 amide bonds. The Kier molecular flexibility index (Phi) is 7.74. The zero-order valence-electron chi connectivity index (χ0n) is 23.7. The number of nitrogens with one attached hydrogen (secondary N) is 2. The molecular weight excluding hydrogens is 545 g/mol. The molecule has 1 spiro atoms. The van der Waals surface area contributed by atoms with Gasteiger partial charge in [0.25, 0.3) is 0 Å². The van der Waals surface area contributed by atoms with Crippen LogP contribution in [0.4, 0.5) is 10.1 Å². The van der Waals surface area contributed by atoms with Crippen molar-refractivity contribution in [2.75, 3.05) is 11.9 Å². The minimum absolute atomic E-state index is 0.0320. The van der Waals surface area contributed by atoms with E-state index in [2.05, 4.69) is 30.6 Å². The summed E-state index contributed by atoms with van der Waals surface area (Å²) in [5.41, 5.74) is 0.442. The minimum Gasteiger partial charge on any atom is -0.359 e. The van der Waals surface area contributed by atoms with Gasteiger partial charge in [0.1, 0.15) is 17.5 Å². The highest BCUT2D eigenvalue weighted by atomic mass is 35.5. The van der Waals surface area contributed by atoms with Gasteiger partial charge in [-0.2, -0.15) is 0 Å². The summed E-state index contributed by atoms with van der Waals surface area (Å²) in [5.74, 6) is -2.24. The molecule has 1 aromatic rings. The van der Waals surface area contributed by atoms with Gasteiger partial charge in [-0.25, -0.2) is 4.39 Å². The van der Waals surface area contributed by atoms with Gasteiger partial charge in [0.05, 0.1) is 23.0 Å². The zero-order valence-corrected chi connectivity index (χ0v) is 24.5. The minimum atomic E-state index is -1.21. The molecule has 2 saturated heterocycles. The molecule has 0 aromatic heterocycles. The number of halogens is 2. The Hall–Kier alpha value is -2.71. The second-order valence-electron chi connectivity index (χ2n) is 12.6. The average molecular weight is 584 g/mol. The summed E-state index contributed by atoms with van der Waals surface area (Å²) in [4.78, 5) is 43.6. The van der Waals surface area contributed by atoms with Gasteiger partial charge < -0.3 is 20.3 Å². The van der Waals surface area contributed by atoms with Gasteiger partial charge in [-0.3, -0.25) is 14.4 Å². The number of amides is 3. The normalized spacial score (nSPS) is 35.8. The second kappa shape index (κ2) is 11.2. The first kappa shape index (κ1) is 28.4. The molecule has 2 aliphatic carbocycles. The number of benzene rings is 1. The monoisotopic (exact) mass is 583 g/mol. The number of carbonyl (C=O) groups is 3. The van der Waals surface area contributed by atoms with E-state index in [-0.39, 0.29) is 22.9 Å². The maximum atomic E-state index is 14.2. The topological polar surface area (TPSA) is 87.7 Å². The van der Waals surface area contributed by atoms with Gasteiger partial charge in [0, 0.05) is 18.3 Å². The predicted octanol–water partition coefficient (Wildman–Crippen LogP) is 5.40. The summed E-state index contributed by atoms with van der Waals surface area (Å²) in [6.07, 6.45) is 13.5. The van der Waals surface area contributed by atoms with Crippen LogP contribution in [-0.2, 0) is 19.1 Å². The van der Waals surface area contributed by atoms with Gasteiger partial charge in [-0.1, -0.05) is 62.1 Å². The van der Waals surface area contributed by atoms with Gasteiger partial charge in [-0.05, 0) is 68.6 Å².